The van der Waals surface area contributed by atoms with Gasteiger partial charge in [0.25, 0.3) is 0 Å². The summed E-state index contributed by atoms with van der Waals surface area (Å²) in [4.78, 5) is 0. The van der Waals surface area contributed by atoms with Crippen LogP contribution in [0.15, 0.2) is 18.2 Å². The Labute approximate surface area is 70.2 Å². The van der Waals surface area contributed by atoms with Crippen LogP contribution >= 0.6 is 0 Å². The Bertz CT molecular complexity index is 294. The topological polar surface area (TPSA) is 49.7 Å². The molecule has 1 aliphatic rings. The van der Waals surface area contributed by atoms with Gasteiger partial charge in [-0.25, -0.2) is 0 Å². The predicted molar refractivity (Wildman–Crippen MR) is 42.9 cm³/mol. The molecule has 0 saturated carbocycles. The van der Waals surface area contributed by atoms with Crippen molar-refractivity contribution in [1.29, 1.82) is 0 Å². The third-order valence-corrected chi connectivity index (χ3v) is 2.23. The molecule has 0 aromatic heterocycles. The van der Waals surface area contributed by atoms with Crippen LogP contribution in [0.3, 0.4) is 0 Å². The van der Waals surface area contributed by atoms with Crippen LogP contribution in [0.4, 0.5) is 0 Å². The van der Waals surface area contributed by atoms with Crippen LogP contribution in [0, 0.1) is 0 Å². The summed E-state index contributed by atoms with van der Waals surface area (Å²) in [5.74, 6) is 0.644. The predicted octanol–water partition coefficient (Wildman–Crippen LogP) is 0.776. The molecule has 0 saturated heterocycles. The fourth-order valence-electron chi connectivity index (χ4n) is 1.55. The van der Waals surface area contributed by atoms with E-state index in [9.17, 15) is 10.2 Å². The van der Waals surface area contributed by atoms with Gasteiger partial charge in [-0.05, 0) is 11.6 Å². The minimum absolute atomic E-state index is 0.644. The number of ether oxygens (including phenoxy) is 1. The summed E-state index contributed by atoms with van der Waals surface area (Å²) in [5, 5.41) is 18.6. The highest BCUT2D eigenvalue weighted by atomic mass is 16.5. The molecule has 0 bridgehead atoms. The number of fused-ring (bicyclic) bond motifs is 1. The maximum Gasteiger partial charge on any atom is 0.125 e. The zero-order chi connectivity index (χ0) is 8.72. The van der Waals surface area contributed by atoms with E-state index in [1.54, 1.807) is 25.3 Å². The molecule has 0 unspecified atom stereocenters. The Kier molecular flexibility index (Phi) is 1.56. The molecule has 12 heavy (non-hydrogen) atoms. The van der Waals surface area contributed by atoms with Crippen LogP contribution in [0.1, 0.15) is 23.3 Å². The molecule has 1 aromatic carbocycles. The van der Waals surface area contributed by atoms with Gasteiger partial charge in [0.05, 0.1) is 7.11 Å². The fourth-order valence-corrected chi connectivity index (χ4v) is 1.55. The van der Waals surface area contributed by atoms with E-state index < -0.39 is 12.2 Å². The molecule has 2 N–H and O–H groups in total. The summed E-state index contributed by atoms with van der Waals surface area (Å²) >= 11 is 0. The summed E-state index contributed by atoms with van der Waals surface area (Å²) < 4.78 is 5.02. The maximum atomic E-state index is 9.35. The molecule has 1 aliphatic carbocycles. The SMILES string of the molecule is COc1cccc2c1[C@H](O)[C@@H]2O. The van der Waals surface area contributed by atoms with Gasteiger partial charge in [-0.15, -0.1) is 0 Å². The standard InChI is InChI=1S/C9H10O3/c1-12-6-4-2-3-5-7(6)9(11)8(5)10/h2-4,8-11H,1H3/t8-,9+/m1/s1. The molecule has 0 aliphatic heterocycles. The molecule has 2 rings (SSSR count). The lowest BCUT2D eigenvalue weighted by molar-refractivity contribution is -0.0148. The lowest BCUT2D eigenvalue weighted by atomic mass is 9.82. The lowest BCUT2D eigenvalue weighted by Gasteiger charge is -2.33. The van der Waals surface area contributed by atoms with Crippen LogP contribution in [0.2, 0.25) is 0 Å². The van der Waals surface area contributed by atoms with Crippen molar-refractivity contribution in [3.05, 3.63) is 29.3 Å². The van der Waals surface area contributed by atoms with E-state index >= 15 is 0 Å². The monoisotopic (exact) mass is 166 g/mol. The number of methoxy groups -OCH3 is 1. The van der Waals surface area contributed by atoms with Gasteiger partial charge in [0.2, 0.25) is 0 Å². The molecule has 0 heterocycles. The Balaban J connectivity index is 2.51. The van der Waals surface area contributed by atoms with Crippen LogP contribution in [-0.4, -0.2) is 17.3 Å². The van der Waals surface area contributed by atoms with Crippen molar-refractivity contribution in [2.24, 2.45) is 0 Å². The highest BCUT2D eigenvalue weighted by Crippen LogP contribution is 2.47. The molecule has 0 spiro atoms. The molecule has 1 aromatic rings. The number of rotatable bonds is 1. The van der Waals surface area contributed by atoms with Gasteiger partial charge in [-0.3, -0.25) is 0 Å². The summed E-state index contributed by atoms with van der Waals surface area (Å²) in [6, 6.07) is 5.36. The average Bonchev–Trinajstić information content (AvgIpc) is 2.15. The summed E-state index contributed by atoms with van der Waals surface area (Å²) in [6.07, 6.45) is -1.52. The number of hydrogen-bond donors (Lipinski definition) is 2. The van der Waals surface area contributed by atoms with Crippen molar-refractivity contribution < 1.29 is 14.9 Å². The highest BCUT2D eigenvalue weighted by molar-refractivity contribution is 5.50. The van der Waals surface area contributed by atoms with E-state index in [4.69, 9.17) is 4.74 Å². The second-order valence-corrected chi connectivity index (χ2v) is 2.85. The smallest absolute Gasteiger partial charge is 0.125 e. The normalized spacial score (nSPS) is 25.9. The third kappa shape index (κ3) is 0.777. The van der Waals surface area contributed by atoms with E-state index in [0.29, 0.717) is 11.3 Å². The molecule has 64 valence electrons. The molecular weight excluding hydrogens is 156 g/mol. The molecule has 3 nitrogen and oxygen atoms in total. The lowest BCUT2D eigenvalue weighted by Crippen LogP contribution is -2.24. The van der Waals surface area contributed by atoms with Gasteiger partial charge < -0.3 is 14.9 Å². The number of aliphatic hydroxyl groups excluding tert-OH is 2. The first-order valence-corrected chi connectivity index (χ1v) is 3.78. The van der Waals surface area contributed by atoms with E-state index in [0.717, 1.165) is 5.56 Å². The summed E-state index contributed by atoms with van der Waals surface area (Å²) in [6.45, 7) is 0. The highest BCUT2D eigenvalue weighted by Gasteiger charge is 2.37. The van der Waals surface area contributed by atoms with E-state index in [1.165, 1.54) is 0 Å². The van der Waals surface area contributed by atoms with Gasteiger partial charge in [0, 0.05) is 5.56 Å². The van der Waals surface area contributed by atoms with E-state index in [1.807, 2.05) is 0 Å². The van der Waals surface area contributed by atoms with Crippen molar-refractivity contribution in [3.63, 3.8) is 0 Å². The Hall–Kier alpha value is -1.06. The van der Waals surface area contributed by atoms with Crippen molar-refractivity contribution in [1.82, 2.24) is 0 Å². The van der Waals surface area contributed by atoms with Crippen molar-refractivity contribution in [2.75, 3.05) is 7.11 Å². The van der Waals surface area contributed by atoms with Crippen LogP contribution in [-0.2, 0) is 0 Å². The van der Waals surface area contributed by atoms with Crippen LogP contribution in [0.25, 0.3) is 0 Å². The van der Waals surface area contributed by atoms with Gasteiger partial charge in [-0.1, -0.05) is 12.1 Å². The van der Waals surface area contributed by atoms with Crippen molar-refractivity contribution in [3.8, 4) is 5.75 Å². The first kappa shape index (κ1) is 7.58. The number of hydrogen-bond acceptors (Lipinski definition) is 3. The van der Waals surface area contributed by atoms with Crippen molar-refractivity contribution in [2.45, 2.75) is 12.2 Å². The van der Waals surface area contributed by atoms with E-state index in [2.05, 4.69) is 0 Å². The maximum absolute atomic E-state index is 9.35. The Morgan fingerprint density at radius 2 is 2.00 bits per heavy atom. The molecule has 0 fully saturated rings. The largest absolute Gasteiger partial charge is 0.496 e. The zero-order valence-electron chi connectivity index (χ0n) is 6.69. The Morgan fingerprint density at radius 1 is 1.25 bits per heavy atom. The second kappa shape index (κ2) is 2.47. The van der Waals surface area contributed by atoms with E-state index in [-0.39, 0.29) is 0 Å². The molecule has 3 heteroatoms. The molecule has 0 amide bonds. The second-order valence-electron chi connectivity index (χ2n) is 2.85. The third-order valence-electron chi connectivity index (χ3n) is 2.23. The molecule has 0 radical (unpaired) electrons. The van der Waals surface area contributed by atoms with Gasteiger partial charge >= 0.3 is 0 Å². The summed E-state index contributed by atoms with van der Waals surface area (Å²) in [5.41, 5.74) is 1.48. The minimum Gasteiger partial charge on any atom is -0.496 e. The number of aliphatic hydroxyl groups is 2. The van der Waals surface area contributed by atoms with Crippen LogP contribution in [0.5, 0.6) is 5.75 Å². The Morgan fingerprint density at radius 3 is 2.67 bits per heavy atom. The fraction of sp³-hybridized carbons (Fsp3) is 0.333. The van der Waals surface area contributed by atoms with Gasteiger partial charge in [0.15, 0.2) is 0 Å². The zero-order valence-corrected chi connectivity index (χ0v) is 6.69. The first-order valence-electron chi connectivity index (χ1n) is 3.78. The quantitative estimate of drug-likeness (QED) is 0.648. The van der Waals surface area contributed by atoms with Crippen LogP contribution < -0.4 is 4.74 Å². The van der Waals surface area contributed by atoms with Crippen molar-refractivity contribution >= 4 is 0 Å². The first-order chi connectivity index (χ1) is 5.75. The molecule has 2 atom stereocenters. The average molecular weight is 166 g/mol. The molecular formula is C9H10O3. The number of benzene rings is 1. The van der Waals surface area contributed by atoms with Gasteiger partial charge in [-0.2, -0.15) is 0 Å². The van der Waals surface area contributed by atoms with Gasteiger partial charge in [0.1, 0.15) is 18.0 Å². The summed E-state index contributed by atoms with van der Waals surface area (Å²) in [7, 11) is 1.55. The minimum atomic E-state index is -0.781.